The van der Waals surface area contributed by atoms with Gasteiger partial charge in [0.2, 0.25) is 0 Å². The normalized spacial score (nSPS) is 9.50. The van der Waals surface area contributed by atoms with E-state index in [1.807, 2.05) is 42.5 Å². The molecule has 18 heavy (non-hydrogen) atoms. The Labute approximate surface area is 107 Å². The molecule has 0 saturated carbocycles. The number of hydrogen-bond donors (Lipinski definition) is 0. The van der Waals surface area contributed by atoms with Crippen LogP contribution in [0.4, 0.5) is 0 Å². The highest BCUT2D eigenvalue weighted by atomic mass is 16.5. The molecule has 2 rings (SSSR count). The molecule has 0 N–H and O–H groups in total. The third kappa shape index (κ3) is 2.99. The molecule has 0 atom stereocenters. The monoisotopic (exact) mass is 235 g/mol. The fraction of sp³-hybridized carbons (Fsp3) is 0.0625. The predicted octanol–water partition coefficient (Wildman–Crippen LogP) is 3.75. The molecule has 0 unspecified atom stereocenters. The maximum atomic E-state index is 8.70. The molecule has 0 heterocycles. The van der Waals surface area contributed by atoms with E-state index >= 15 is 0 Å². The number of ether oxygens (including phenoxy) is 1. The number of benzene rings is 2. The number of nitrogens with zero attached hydrogens (tertiary/aromatic N) is 1. The van der Waals surface area contributed by atoms with Crippen LogP contribution in [-0.4, -0.2) is 0 Å². The molecule has 0 fully saturated rings. The van der Waals surface area contributed by atoms with Crippen LogP contribution in [0.25, 0.3) is 5.76 Å². The summed E-state index contributed by atoms with van der Waals surface area (Å²) < 4.78 is 5.61. The first-order chi connectivity index (χ1) is 8.79. The van der Waals surface area contributed by atoms with Crippen LogP contribution in [0.5, 0.6) is 0 Å². The summed E-state index contributed by atoms with van der Waals surface area (Å²) in [5, 5.41) is 8.70. The van der Waals surface area contributed by atoms with Gasteiger partial charge in [-0.25, -0.2) is 0 Å². The summed E-state index contributed by atoms with van der Waals surface area (Å²) in [5.41, 5.74) is 2.65. The molecule has 2 nitrogen and oxygen atoms in total. The van der Waals surface area contributed by atoms with Crippen molar-refractivity contribution in [2.24, 2.45) is 0 Å². The van der Waals surface area contributed by atoms with Gasteiger partial charge in [-0.1, -0.05) is 49.0 Å². The highest BCUT2D eigenvalue weighted by Crippen LogP contribution is 2.15. The molecule has 0 bridgehead atoms. The summed E-state index contributed by atoms with van der Waals surface area (Å²) >= 11 is 0. The maximum absolute atomic E-state index is 8.70. The van der Waals surface area contributed by atoms with Crippen LogP contribution in [0, 0.1) is 11.3 Å². The zero-order chi connectivity index (χ0) is 12.8. The standard InChI is InChI=1S/C16H13NO/c1-13(16-5-3-2-4-6-16)18-12-15-9-7-14(11-17)8-10-15/h2-10H,1,12H2. The summed E-state index contributed by atoms with van der Waals surface area (Å²) in [4.78, 5) is 0. The fourth-order valence-corrected chi connectivity index (χ4v) is 1.55. The van der Waals surface area contributed by atoms with E-state index < -0.39 is 0 Å². The fourth-order valence-electron chi connectivity index (χ4n) is 1.55. The van der Waals surface area contributed by atoms with Crippen LogP contribution in [-0.2, 0) is 11.3 Å². The molecule has 2 aromatic carbocycles. The van der Waals surface area contributed by atoms with E-state index in [2.05, 4.69) is 12.6 Å². The Morgan fingerprint density at radius 3 is 2.33 bits per heavy atom. The molecule has 0 saturated heterocycles. The van der Waals surface area contributed by atoms with Gasteiger partial charge in [-0.2, -0.15) is 5.26 Å². The molecule has 2 aromatic rings. The van der Waals surface area contributed by atoms with Crippen molar-refractivity contribution in [2.45, 2.75) is 6.61 Å². The topological polar surface area (TPSA) is 33.0 Å². The van der Waals surface area contributed by atoms with E-state index in [9.17, 15) is 0 Å². The van der Waals surface area contributed by atoms with Gasteiger partial charge in [-0.05, 0) is 17.7 Å². The van der Waals surface area contributed by atoms with Crippen molar-refractivity contribution in [2.75, 3.05) is 0 Å². The van der Waals surface area contributed by atoms with Crippen molar-refractivity contribution < 1.29 is 4.74 Å². The van der Waals surface area contributed by atoms with Gasteiger partial charge in [0.25, 0.3) is 0 Å². The van der Waals surface area contributed by atoms with Crippen molar-refractivity contribution >= 4 is 5.76 Å². The van der Waals surface area contributed by atoms with E-state index in [0.717, 1.165) is 11.1 Å². The Bertz CT molecular complexity index is 564. The molecular formula is C16H13NO. The lowest BCUT2D eigenvalue weighted by molar-refractivity contribution is 0.265. The Balaban J connectivity index is 1.95. The molecule has 0 aliphatic rings. The summed E-state index contributed by atoms with van der Waals surface area (Å²) in [7, 11) is 0. The van der Waals surface area contributed by atoms with Gasteiger partial charge < -0.3 is 4.74 Å². The average molecular weight is 235 g/mol. The zero-order valence-electron chi connectivity index (χ0n) is 9.97. The van der Waals surface area contributed by atoms with Crippen molar-refractivity contribution in [3.8, 4) is 6.07 Å². The first-order valence-electron chi connectivity index (χ1n) is 5.66. The van der Waals surface area contributed by atoms with Gasteiger partial charge in [0.15, 0.2) is 0 Å². The molecule has 0 amide bonds. The van der Waals surface area contributed by atoms with Crippen LogP contribution < -0.4 is 0 Å². The highest BCUT2D eigenvalue weighted by molar-refractivity contribution is 5.57. The Hall–Kier alpha value is -2.53. The van der Waals surface area contributed by atoms with E-state index in [-0.39, 0.29) is 0 Å². The van der Waals surface area contributed by atoms with Gasteiger partial charge in [0, 0.05) is 5.56 Å². The Morgan fingerprint density at radius 2 is 1.72 bits per heavy atom. The molecule has 0 aromatic heterocycles. The second-order valence-corrected chi connectivity index (χ2v) is 3.89. The molecule has 88 valence electrons. The molecule has 0 aliphatic heterocycles. The largest absolute Gasteiger partial charge is 0.489 e. The smallest absolute Gasteiger partial charge is 0.119 e. The van der Waals surface area contributed by atoms with Gasteiger partial charge >= 0.3 is 0 Å². The first kappa shape index (κ1) is 11.9. The van der Waals surface area contributed by atoms with Crippen LogP contribution in [0.3, 0.4) is 0 Å². The minimum Gasteiger partial charge on any atom is -0.489 e. The van der Waals surface area contributed by atoms with Gasteiger partial charge in [0.05, 0.1) is 11.6 Å². The summed E-state index contributed by atoms with van der Waals surface area (Å²) in [5.74, 6) is 0.653. The zero-order valence-corrected chi connectivity index (χ0v) is 9.97. The third-order valence-corrected chi connectivity index (χ3v) is 2.59. The van der Waals surface area contributed by atoms with E-state index in [1.165, 1.54) is 0 Å². The average Bonchev–Trinajstić information content (AvgIpc) is 2.46. The number of hydrogen-bond acceptors (Lipinski definition) is 2. The first-order valence-corrected chi connectivity index (χ1v) is 5.66. The SMILES string of the molecule is C=C(OCc1ccc(C#N)cc1)c1ccccc1. The van der Waals surface area contributed by atoms with Crippen LogP contribution in [0.2, 0.25) is 0 Å². The van der Waals surface area contributed by atoms with E-state index in [0.29, 0.717) is 17.9 Å². The van der Waals surface area contributed by atoms with E-state index in [4.69, 9.17) is 10.00 Å². The molecule has 2 heteroatoms. The lowest BCUT2D eigenvalue weighted by Gasteiger charge is -2.09. The van der Waals surface area contributed by atoms with Crippen LogP contribution in [0.15, 0.2) is 61.2 Å². The number of nitriles is 1. The second kappa shape index (κ2) is 5.70. The minimum atomic E-state index is 0.458. The molecule has 0 spiro atoms. The van der Waals surface area contributed by atoms with Crippen molar-refractivity contribution in [3.05, 3.63) is 77.9 Å². The van der Waals surface area contributed by atoms with Gasteiger partial charge in [0.1, 0.15) is 12.4 Å². The maximum Gasteiger partial charge on any atom is 0.119 e. The third-order valence-electron chi connectivity index (χ3n) is 2.59. The van der Waals surface area contributed by atoms with Crippen molar-refractivity contribution in [1.82, 2.24) is 0 Å². The van der Waals surface area contributed by atoms with Gasteiger partial charge in [-0.15, -0.1) is 0 Å². The van der Waals surface area contributed by atoms with Crippen molar-refractivity contribution in [1.29, 1.82) is 5.26 Å². The minimum absolute atomic E-state index is 0.458. The number of rotatable bonds is 4. The summed E-state index contributed by atoms with van der Waals surface area (Å²) in [6.45, 7) is 4.36. The van der Waals surface area contributed by atoms with E-state index in [1.54, 1.807) is 12.1 Å². The van der Waals surface area contributed by atoms with Crippen molar-refractivity contribution in [3.63, 3.8) is 0 Å². The Kier molecular flexibility index (Phi) is 3.78. The highest BCUT2D eigenvalue weighted by Gasteiger charge is 2.00. The van der Waals surface area contributed by atoms with Crippen LogP contribution >= 0.6 is 0 Å². The summed E-state index contributed by atoms with van der Waals surface area (Å²) in [6, 6.07) is 19.2. The second-order valence-electron chi connectivity index (χ2n) is 3.89. The quantitative estimate of drug-likeness (QED) is 0.756. The molecular weight excluding hydrogens is 222 g/mol. The predicted molar refractivity (Wildman–Crippen MR) is 71.4 cm³/mol. The Morgan fingerprint density at radius 1 is 1.06 bits per heavy atom. The van der Waals surface area contributed by atoms with Crippen LogP contribution in [0.1, 0.15) is 16.7 Å². The lowest BCUT2D eigenvalue weighted by Crippen LogP contribution is -1.92. The molecule has 0 radical (unpaired) electrons. The van der Waals surface area contributed by atoms with Gasteiger partial charge in [-0.3, -0.25) is 0 Å². The summed E-state index contributed by atoms with van der Waals surface area (Å²) in [6.07, 6.45) is 0. The molecule has 0 aliphatic carbocycles. The lowest BCUT2D eigenvalue weighted by atomic mass is 10.1.